The molecule has 1 amide bonds. The molecule has 0 fully saturated rings. The first-order chi connectivity index (χ1) is 13.3. The van der Waals surface area contributed by atoms with Gasteiger partial charge in [-0.3, -0.25) is 9.78 Å². The minimum Gasteiger partial charge on any atom is -0.395 e. The van der Waals surface area contributed by atoms with E-state index in [4.69, 9.17) is 11.6 Å². The summed E-state index contributed by atoms with van der Waals surface area (Å²) in [5.41, 5.74) is 2.01. The molecule has 3 aromatic rings. The van der Waals surface area contributed by atoms with Crippen LogP contribution in [-0.2, 0) is 0 Å². The van der Waals surface area contributed by atoms with Crippen LogP contribution in [-0.4, -0.2) is 22.2 Å². The van der Waals surface area contributed by atoms with Crippen LogP contribution in [0.15, 0.2) is 48.8 Å². The number of halogens is 3. The number of fused-ring (bicyclic) bond motifs is 1. The molecule has 0 bridgehead atoms. The van der Waals surface area contributed by atoms with Crippen LogP contribution < -0.4 is 14.8 Å². The van der Waals surface area contributed by atoms with Crippen LogP contribution in [0.3, 0.4) is 0 Å². The summed E-state index contributed by atoms with van der Waals surface area (Å²) < 4.78 is 35.2. The Morgan fingerprint density at radius 1 is 1.11 bits per heavy atom. The van der Waals surface area contributed by atoms with E-state index < -0.39 is 6.29 Å². The van der Waals surface area contributed by atoms with E-state index in [9.17, 15) is 13.6 Å². The Kier molecular flexibility index (Phi) is 4.35. The molecule has 0 unspecified atom stereocenters. The topological polar surface area (TPSA) is 73.3 Å². The van der Waals surface area contributed by atoms with Gasteiger partial charge in [0.25, 0.3) is 5.91 Å². The van der Waals surface area contributed by atoms with Gasteiger partial charge in [0.15, 0.2) is 17.3 Å². The summed E-state index contributed by atoms with van der Waals surface area (Å²) in [5, 5.41) is 2.80. The quantitative estimate of drug-likeness (QED) is 0.687. The van der Waals surface area contributed by atoms with Crippen molar-refractivity contribution in [1.82, 2.24) is 9.97 Å². The number of rotatable bonds is 3. The number of alkyl halides is 2. The first kappa shape index (κ1) is 18.1. The molecule has 0 atom stereocenters. The molecule has 1 N–H and O–H groups in total. The highest BCUT2D eigenvalue weighted by molar-refractivity contribution is 6.33. The van der Waals surface area contributed by atoms with Crippen molar-refractivity contribution in [1.29, 1.82) is 0 Å². The Labute approximate surface area is 163 Å². The molecule has 142 valence electrons. The zero-order valence-corrected chi connectivity index (χ0v) is 15.1. The minimum atomic E-state index is -3.74. The number of nitrogens with one attached hydrogen (secondary N) is 1. The fourth-order valence-electron chi connectivity index (χ4n) is 2.71. The van der Waals surface area contributed by atoms with Crippen molar-refractivity contribution in [3.8, 4) is 22.8 Å². The van der Waals surface area contributed by atoms with E-state index in [1.165, 1.54) is 24.5 Å². The maximum absolute atomic E-state index is 13.2. The largest absolute Gasteiger partial charge is 0.586 e. The van der Waals surface area contributed by atoms with Gasteiger partial charge in [-0.2, -0.15) is 0 Å². The van der Waals surface area contributed by atoms with Gasteiger partial charge in [-0.15, -0.1) is 8.78 Å². The lowest BCUT2D eigenvalue weighted by molar-refractivity contribution is -0.286. The van der Waals surface area contributed by atoms with Crippen LogP contribution >= 0.6 is 11.6 Å². The summed E-state index contributed by atoms with van der Waals surface area (Å²) in [4.78, 5) is 20.7. The van der Waals surface area contributed by atoms with Crippen LogP contribution in [0.1, 0.15) is 15.9 Å². The van der Waals surface area contributed by atoms with Crippen LogP contribution in [0.25, 0.3) is 11.3 Å². The second-order valence-electron chi connectivity index (χ2n) is 6.00. The maximum Gasteiger partial charge on any atom is 0.586 e. The molecule has 1 aliphatic rings. The van der Waals surface area contributed by atoms with E-state index in [0.717, 1.165) is 5.56 Å². The third kappa shape index (κ3) is 3.46. The average molecular weight is 404 g/mol. The Bertz CT molecular complexity index is 1070. The van der Waals surface area contributed by atoms with E-state index >= 15 is 0 Å². The number of hydrogen-bond acceptors (Lipinski definition) is 5. The van der Waals surface area contributed by atoms with Gasteiger partial charge in [0.1, 0.15) is 0 Å². The average Bonchev–Trinajstić information content (AvgIpc) is 2.95. The van der Waals surface area contributed by atoms with Gasteiger partial charge < -0.3 is 14.8 Å². The zero-order chi connectivity index (χ0) is 19.9. The molecule has 2 heterocycles. The molecular weight excluding hydrogens is 392 g/mol. The van der Waals surface area contributed by atoms with Crippen molar-refractivity contribution >= 4 is 23.3 Å². The molecule has 4 rings (SSSR count). The summed E-state index contributed by atoms with van der Waals surface area (Å²) in [6.45, 7) is 1.83. The van der Waals surface area contributed by atoms with E-state index in [-0.39, 0.29) is 28.2 Å². The van der Waals surface area contributed by atoms with Crippen molar-refractivity contribution in [3.05, 3.63) is 64.9 Å². The number of nitrogens with zero attached hydrogens (tertiary/aromatic N) is 2. The van der Waals surface area contributed by atoms with Gasteiger partial charge in [0.2, 0.25) is 0 Å². The predicted molar refractivity (Wildman–Crippen MR) is 97.8 cm³/mol. The third-order valence-electron chi connectivity index (χ3n) is 4.05. The number of ether oxygens (including phenoxy) is 2. The molecule has 1 aromatic heterocycles. The standard InChI is InChI=1S/C19H12ClF2N3O3/c1-10-4-2-3-5-11(10)18(26)25-17-9-23-14(8-24-17)12-6-15-16(7-13(12)20)28-19(21,22)27-15/h2-9H,1H3,(H,24,25,26). The van der Waals surface area contributed by atoms with Gasteiger partial charge in [-0.1, -0.05) is 29.8 Å². The molecule has 28 heavy (non-hydrogen) atoms. The molecule has 9 heteroatoms. The van der Waals surface area contributed by atoms with Crippen LogP contribution in [0, 0.1) is 6.92 Å². The summed E-state index contributed by atoms with van der Waals surface area (Å²) in [6, 6.07) is 9.66. The maximum atomic E-state index is 13.2. The highest BCUT2D eigenvalue weighted by Crippen LogP contribution is 2.45. The zero-order valence-electron chi connectivity index (χ0n) is 14.4. The van der Waals surface area contributed by atoms with E-state index in [0.29, 0.717) is 16.8 Å². The summed E-state index contributed by atoms with van der Waals surface area (Å²) in [5.74, 6) is -0.388. The Hall–Kier alpha value is -3.26. The van der Waals surface area contributed by atoms with Crippen molar-refractivity contribution in [3.63, 3.8) is 0 Å². The SMILES string of the molecule is Cc1ccccc1C(=O)Nc1cnc(-c2cc3c(cc2Cl)OC(F)(F)O3)cn1. The number of anilines is 1. The van der Waals surface area contributed by atoms with Gasteiger partial charge in [0, 0.05) is 17.2 Å². The van der Waals surface area contributed by atoms with Crippen molar-refractivity contribution in [2.24, 2.45) is 0 Å². The lowest BCUT2D eigenvalue weighted by Gasteiger charge is -2.08. The van der Waals surface area contributed by atoms with Gasteiger partial charge >= 0.3 is 6.29 Å². The second-order valence-corrected chi connectivity index (χ2v) is 6.41. The molecule has 0 aliphatic carbocycles. The highest BCUT2D eigenvalue weighted by atomic mass is 35.5. The number of hydrogen-bond donors (Lipinski definition) is 1. The number of carbonyl (C=O) groups is 1. The molecule has 6 nitrogen and oxygen atoms in total. The summed E-state index contributed by atoms with van der Waals surface area (Å²) >= 11 is 6.14. The van der Waals surface area contributed by atoms with Crippen LogP contribution in [0.4, 0.5) is 14.6 Å². The van der Waals surface area contributed by atoms with Gasteiger partial charge in [0.05, 0.1) is 23.1 Å². The molecule has 2 aromatic carbocycles. The fourth-order valence-corrected chi connectivity index (χ4v) is 2.96. The number of aromatic nitrogens is 2. The molecule has 0 saturated carbocycles. The predicted octanol–water partition coefficient (Wildman–Crippen LogP) is 4.68. The van der Waals surface area contributed by atoms with Crippen molar-refractivity contribution in [2.45, 2.75) is 13.2 Å². The van der Waals surface area contributed by atoms with E-state index in [2.05, 4.69) is 24.8 Å². The summed E-state index contributed by atoms with van der Waals surface area (Å²) in [6.07, 6.45) is -1.02. The first-order valence-electron chi connectivity index (χ1n) is 8.11. The number of amides is 1. The molecular formula is C19H12ClF2N3O3. The second kappa shape index (κ2) is 6.72. The lowest BCUT2D eigenvalue weighted by atomic mass is 10.1. The number of carbonyl (C=O) groups excluding carboxylic acids is 1. The van der Waals surface area contributed by atoms with Crippen molar-refractivity contribution < 1.29 is 23.0 Å². The smallest absolute Gasteiger partial charge is 0.395 e. The Morgan fingerprint density at radius 3 is 2.50 bits per heavy atom. The fraction of sp³-hybridized carbons (Fsp3) is 0.105. The monoisotopic (exact) mass is 403 g/mol. The van der Waals surface area contributed by atoms with E-state index in [1.807, 2.05) is 19.1 Å². The number of aryl methyl sites for hydroxylation is 1. The van der Waals surface area contributed by atoms with Gasteiger partial charge in [-0.25, -0.2) is 4.98 Å². The Balaban J connectivity index is 1.56. The Morgan fingerprint density at radius 2 is 1.82 bits per heavy atom. The first-order valence-corrected chi connectivity index (χ1v) is 8.49. The molecule has 0 spiro atoms. The van der Waals surface area contributed by atoms with Gasteiger partial charge in [-0.05, 0) is 24.6 Å². The minimum absolute atomic E-state index is 0.144. The molecule has 0 radical (unpaired) electrons. The third-order valence-corrected chi connectivity index (χ3v) is 4.36. The van der Waals surface area contributed by atoms with Crippen LogP contribution in [0.5, 0.6) is 11.5 Å². The number of benzene rings is 2. The normalized spacial score (nSPS) is 14.0. The van der Waals surface area contributed by atoms with E-state index in [1.54, 1.807) is 12.1 Å². The lowest BCUT2D eigenvalue weighted by Crippen LogP contribution is -2.25. The van der Waals surface area contributed by atoms with Crippen molar-refractivity contribution in [2.75, 3.05) is 5.32 Å². The highest BCUT2D eigenvalue weighted by Gasteiger charge is 2.43. The molecule has 0 saturated heterocycles. The van der Waals surface area contributed by atoms with Crippen LogP contribution in [0.2, 0.25) is 5.02 Å². The summed E-state index contributed by atoms with van der Waals surface area (Å²) in [7, 11) is 0. The molecule has 1 aliphatic heterocycles.